The first-order valence-electron chi connectivity index (χ1n) is 9.45. The van der Waals surface area contributed by atoms with Gasteiger partial charge in [-0.25, -0.2) is 13.6 Å². The van der Waals surface area contributed by atoms with E-state index in [2.05, 4.69) is 5.32 Å². The molecule has 154 valence electrons. The molecule has 0 bridgehead atoms. The molecule has 1 unspecified atom stereocenters. The molecule has 0 radical (unpaired) electrons. The Hall–Kier alpha value is -2.26. The molecule has 1 saturated heterocycles. The molecule has 1 aromatic rings. The van der Waals surface area contributed by atoms with E-state index in [1.807, 2.05) is 11.8 Å². The van der Waals surface area contributed by atoms with Crippen molar-refractivity contribution in [2.24, 2.45) is 0 Å². The zero-order valence-electron chi connectivity index (χ0n) is 15.7. The van der Waals surface area contributed by atoms with E-state index in [4.69, 9.17) is 9.84 Å². The molecular weight excluding hydrogens is 372 g/mol. The number of ether oxygens (including phenoxy) is 1. The number of urea groups is 1. The first-order valence-corrected chi connectivity index (χ1v) is 9.45. The lowest BCUT2D eigenvalue weighted by Gasteiger charge is -2.43. The van der Waals surface area contributed by atoms with Crippen LogP contribution in [-0.2, 0) is 9.53 Å². The summed E-state index contributed by atoms with van der Waals surface area (Å²) >= 11 is 0. The summed E-state index contributed by atoms with van der Waals surface area (Å²) in [6.07, 6.45) is 0.919. The molecule has 1 aromatic carbocycles. The quantitative estimate of drug-likeness (QED) is 0.767. The Balaban J connectivity index is 1.50. The Morgan fingerprint density at radius 3 is 2.71 bits per heavy atom. The van der Waals surface area contributed by atoms with E-state index in [1.54, 1.807) is 4.90 Å². The van der Waals surface area contributed by atoms with Crippen LogP contribution in [0.2, 0.25) is 0 Å². The molecule has 2 fully saturated rings. The molecule has 2 aliphatic rings. The largest absolute Gasteiger partial charge is 0.480 e. The van der Waals surface area contributed by atoms with Gasteiger partial charge in [0.05, 0.1) is 19.7 Å². The highest BCUT2D eigenvalue weighted by Crippen LogP contribution is 2.27. The number of carbonyl (C=O) groups excluding carboxylic acids is 1. The van der Waals surface area contributed by atoms with Crippen LogP contribution in [0.5, 0.6) is 0 Å². The third kappa shape index (κ3) is 4.77. The minimum absolute atomic E-state index is 0.00120. The molecule has 7 nitrogen and oxygen atoms in total. The number of aliphatic carboxylic acids is 1. The third-order valence-electron chi connectivity index (χ3n) is 5.37. The van der Waals surface area contributed by atoms with Crippen molar-refractivity contribution in [2.45, 2.75) is 38.0 Å². The molecule has 0 spiro atoms. The molecule has 28 heavy (non-hydrogen) atoms. The zero-order chi connectivity index (χ0) is 20.3. The number of nitrogens with one attached hydrogen (secondary N) is 1. The van der Waals surface area contributed by atoms with Crippen LogP contribution in [0.25, 0.3) is 0 Å². The highest BCUT2D eigenvalue weighted by molar-refractivity contribution is 5.75. The van der Waals surface area contributed by atoms with Crippen LogP contribution in [0, 0.1) is 11.6 Å². The SMILES string of the molecule is CCN(CC(=O)O)C1CC(NC(=O)N2CCOC(c3ccc(F)c(F)c3)C2)C1. The molecule has 2 N–H and O–H groups in total. The Labute approximate surface area is 162 Å². The predicted molar refractivity (Wildman–Crippen MR) is 96.8 cm³/mol. The molecule has 1 aliphatic heterocycles. The van der Waals surface area contributed by atoms with Crippen molar-refractivity contribution in [3.05, 3.63) is 35.4 Å². The summed E-state index contributed by atoms with van der Waals surface area (Å²) in [7, 11) is 0. The van der Waals surface area contributed by atoms with Crippen LogP contribution in [0.15, 0.2) is 18.2 Å². The van der Waals surface area contributed by atoms with Crippen molar-refractivity contribution in [1.29, 1.82) is 0 Å². The predicted octanol–water partition coefficient (Wildman–Crippen LogP) is 1.99. The number of morpholine rings is 1. The molecule has 2 amide bonds. The van der Waals surface area contributed by atoms with E-state index in [1.165, 1.54) is 6.07 Å². The van der Waals surface area contributed by atoms with E-state index in [0.717, 1.165) is 12.1 Å². The molecule has 9 heteroatoms. The Bertz CT molecular complexity index is 727. The number of carboxylic acids is 1. The summed E-state index contributed by atoms with van der Waals surface area (Å²) in [5.41, 5.74) is 0.493. The van der Waals surface area contributed by atoms with Crippen LogP contribution < -0.4 is 5.32 Å². The maximum atomic E-state index is 13.5. The van der Waals surface area contributed by atoms with Gasteiger partial charge in [0.25, 0.3) is 0 Å². The number of amides is 2. The summed E-state index contributed by atoms with van der Waals surface area (Å²) in [4.78, 5) is 26.9. The highest BCUT2D eigenvalue weighted by atomic mass is 19.2. The Morgan fingerprint density at radius 2 is 2.07 bits per heavy atom. The van der Waals surface area contributed by atoms with Gasteiger partial charge >= 0.3 is 12.0 Å². The Morgan fingerprint density at radius 1 is 1.32 bits per heavy atom. The summed E-state index contributed by atoms with van der Waals surface area (Å²) in [5.74, 6) is -2.71. The maximum absolute atomic E-state index is 13.5. The summed E-state index contributed by atoms with van der Waals surface area (Å²) in [6.45, 7) is 3.56. The summed E-state index contributed by atoms with van der Waals surface area (Å²) in [5, 5.41) is 11.9. The monoisotopic (exact) mass is 397 g/mol. The van der Waals surface area contributed by atoms with E-state index < -0.39 is 23.7 Å². The number of carbonyl (C=O) groups is 2. The van der Waals surface area contributed by atoms with E-state index in [-0.39, 0.29) is 31.2 Å². The normalized spacial score (nSPS) is 24.7. The first-order chi connectivity index (χ1) is 13.4. The second kappa shape index (κ2) is 8.83. The van der Waals surface area contributed by atoms with Gasteiger partial charge < -0.3 is 20.1 Å². The number of carboxylic acid groups (broad SMARTS) is 1. The van der Waals surface area contributed by atoms with Crippen LogP contribution in [0.1, 0.15) is 31.4 Å². The van der Waals surface area contributed by atoms with Gasteiger partial charge in [0.15, 0.2) is 11.6 Å². The summed E-state index contributed by atoms with van der Waals surface area (Å²) in [6, 6.07) is 3.55. The minimum Gasteiger partial charge on any atom is -0.480 e. The maximum Gasteiger partial charge on any atom is 0.317 e. The number of halogens is 2. The zero-order valence-corrected chi connectivity index (χ0v) is 15.7. The Kier molecular flexibility index (Phi) is 6.46. The molecule has 1 heterocycles. The van der Waals surface area contributed by atoms with Crippen molar-refractivity contribution in [3.8, 4) is 0 Å². The fourth-order valence-corrected chi connectivity index (χ4v) is 3.69. The third-order valence-corrected chi connectivity index (χ3v) is 5.37. The van der Waals surface area contributed by atoms with Gasteiger partial charge in [-0.1, -0.05) is 13.0 Å². The number of benzene rings is 1. The van der Waals surface area contributed by atoms with E-state index in [9.17, 15) is 18.4 Å². The average molecular weight is 397 g/mol. The molecule has 1 atom stereocenters. The first kappa shape index (κ1) is 20.5. The second-order valence-electron chi connectivity index (χ2n) is 7.21. The van der Waals surface area contributed by atoms with Gasteiger partial charge in [-0.3, -0.25) is 9.69 Å². The van der Waals surface area contributed by atoms with Gasteiger partial charge in [0.2, 0.25) is 0 Å². The van der Waals surface area contributed by atoms with Crippen molar-refractivity contribution in [1.82, 2.24) is 15.1 Å². The molecule has 0 aromatic heterocycles. The van der Waals surface area contributed by atoms with Crippen molar-refractivity contribution in [2.75, 3.05) is 32.8 Å². The average Bonchev–Trinajstić information content (AvgIpc) is 2.64. The van der Waals surface area contributed by atoms with Gasteiger partial charge in [-0.15, -0.1) is 0 Å². The minimum atomic E-state index is -0.940. The number of hydrogen-bond acceptors (Lipinski definition) is 4. The topological polar surface area (TPSA) is 82.1 Å². The van der Waals surface area contributed by atoms with Crippen molar-refractivity contribution >= 4 is 12.0 Å². The molecule has 1 aliphatic carbocycles. The van der Waals surface area contributed by atoms with Crippen LogP contribution >= 0.6 is 0 Å². The number of rotatable bonds is 6. The molecule has 1 saturated carbocycles. The smallest absolute Gasteiger partial charge is 0.317 e. The number of hydrogen-bond donors (Lipinski definition) is 2. The van der Waals surface area contributed by atoms with Gasteiger partial charge in [0, 0.05) is 18.6 Å². The molecule has 3 rings (SSSR count). The summed E-state index contributed by atoms with van der Waals surface area (Å²) < 4.78 is 32.2. The highest BCUT2D eigenvalue weighted by Gasteiger charge is 2.36. The number of nitrogens with zero attached hydrogens (tertiary/aromatic N) is 2. The van der Waals surface area contributed by atoms with Crippen molar-refractivity contribution in [3.63, 3.8) is 0 Å². The number of likely N-dealkylation sites (N-methyl/N-ethyl adjacent to an activating group) is 1. The second-order valence-corrected chi connectivity index (χ2v) is 7.21. The van der Waals surface area contributed by atoms with Crippen LogP contribution in [0.4, 0.5) is 13.6 Å². The van der Waals surface area contributed by atoms with Gasteiger partial charge in [-0.2, -0.15) is 0 Å². The van der Waals surface area contributed by atoms with Crippen LogP contribution in [-0.4, -0.2) is 71.8 Å². The van der Waals surface area contributed by atoms with Crippen molar-refractivity contribution < 1.29 is 28.2 Å². The van der Waals surface area contributed by atoms with E-state index >= 15 is 0 Å². The fourth-order valence-electron chi connectivity index (χ4n) is 3.69. The van der Waals surface area contributed by atoms with Gasteiger partial charge in [0.1, 0.15) is 6.10 Å². The lowest BCUT2D eigenvalue weighted by atomic mass is 9.85. The van der Waals surface area contributed by atoms with Gasteiger partial charge in [-0.05, 0) is 37.1 Å². The molecular formula is C19H25F2N3O4. The lowest BCUT2D eigenvalue weighted by Crippen LogP contribution is -2.57. The lowest BCUT2D eigenvalue weighted by molar-refractivity contribution is -0.139. The fraction of sp³-hybridized carbons (Fsp3) is 0.579. The van der Waals surface area contributed by atoms with E-state index in [0.29, 0.717) is 38.1 Å². The standard InChI is InChI=1S/C19H25F2N3O4/c1-2-23(11-18(25)26)14-8-13(9-14)22-19(27)24-5-6-28-17(10-24)12-3-4-15(20)16(21)7-12/h3-4,7,13-14,17H,2,5-6,8-11H2,1H3,(H,22,27)(H,25,26). The van der Waals surface area contributed by atoms with Crippen LogP contribution in [0.3, 0.4) is 0 Å².